The Kier molecular flexibility index (Phi) is 4.71. The van der Waals surface area contributed by atoms with Crippen molar-refractivity contribution >= 4 is 34.8 Å². The Labute approximate surface area is 167 Å². The summed E-state index contributed by atoms with van der Waals surface area (Å²) in [6.07, 6.45) is -3.29. The first-order valence-electron chi connectivity index (χ1n) is 8.67. The number of hydrogen-bond donors (Lipinski definition) is 1. The average molecular weight is 418 g/mol. The zero-order chi connectivity index (χ0) is 19.6. The number of benzene rings is 1. The van der Waals surface area contributed by atoms with E-state index in [4.69, 9.17) is 46.9 Å². The van der Waals surface area contributed by atoms with E-state index in [2.05, 4.69) is 5.32 Å². The van der Waals surface area contributed by atoms with Gasteiger partial charge in [0.15, 0.2) is 24.0 Å². The first-order chi connectivity index (χ1) is 12.5. The fraction of sp³-hybridized carbons (Fsp3) is 0.611. The third kappa shape index (κ3) is 3.70. The summed E-state index contributed by atoms with van der Waals surface area (Å²) in [4.78, 5) is 12.9. The van der Waals surface area contributed by atoms with Crippen molar-refractivity contribution in [2.24, 2.45) is 0 Å². The fourth-order valence-electron chi connectivity index (χ4n) is 3.61. The summed E-state index contributed by atoms with van der Waals surface area (Å²) in [6.45, 7) is 7.15. The van der Waals surface area contributed by atoms with E-state index >= 15 is 0 Å². The summed E-state index contributed by atoms with van der Waals surface area (Å²) in [5.74, 6) is -2.10. The van der Waals surface area contributed by atoms with Gasteiger partial charge in [-0.1, -0.05) is 23.2 Å². The number of ether oxygens (including phenoxy) is 5. The Morgan fingerprint density at radius 1 is 0.926 bits per heavy atom. The molecule has 27 heavy (non-hydrogen) atoms. The second kappa shape index (κ2) is 6.56. The Bertz CT molecular complexity index is 770. The van der Waals surface area contributed by atoms with Crippen molar-refractivity contribution in [2.75, 3.05) is 5.32 Å². The van der Waals surface area contributed by atoms with E-state index in [1.807, 2.05) is 0 Å². The minimum atomic E-state index is -0.940. The molecule has 5 unspecified atom stereocenters. The number of rotatable bonds is 2. The zero-order valence-corrected chi connectivity index (χ0v) is 16.8. The molecule has 4 rings (SSSR count). The minimum Gasteiger partial charge on any atom is -0.342 e. The maximum Gasteiger partial charge on any atom is 0.256 e. The largest absolute Gasteiger partial charge is 0.342 e. The molecule has 0 saturated carbocycles. The van der Waals surface area contributed by atoms with Gasteiger partial charge in [0.1, 0.15) is 18.3 Å². The average Bonchev–Trinajstić information content (AvgIpc) is 3.04. The predicted octanol–water partition coefficient (Wildman–Crippen LogP) is 3.33. The molecular formula is C18H21Cl2NO6. The van der Waals surface area contributed by atoms with Gasteiger partial charge in [-0.3, -0.25) is 4.79 Å². The van der Waals surface area contributed by atoms with Gasteiger partial charge in [-0.05, 0) is 45.9 Å². The van der Waals surface area contributed by atoms with Crippen LogP contribution >= 0.6 is 23.2 Å². The molecule has 3 fully saturated rings. The number of fused-ring (bicyclic) bond motifs is 3. The van der Waals surface area contributed by atoms with Gasteiger partial charge in [-0.2, -0.15) is 0 Å². The lowest BCUT2D eigenvalue weighted by Gasteiger charge is -2.36. The second-order valence-electron chi connectivity index (χ2n) is 7.71. The molecule has 9 heteroatoms. The Balaban J connectivity index is 1.57. The smallest absolute Gasteiger partial charge is 0.256 e. The standard InChI is InChI=1S/C18H21Cl2NO6/c1-17(2)24-11-12(25-17)14-16(27-18(3,4)26-14)23-13(11)15(22)21-8-5-6-9(19)10(20)7-8/h5-7,11-14,16H,1-4H3,(H,21,22). The fourth-order valence-corrected chi connectivity index (χ4v) is 3.91. The third-order valence-electron chi connectivity index (χ3n) is 4.60. The predicted molar refractivity (Wildman–Crippen MR) is 97.6 cm³/mol. The van der Waals surface area contributed by atoms with E-state index in [9.17, 15) is 4.79 Å². The van der Waals surface area contributed by atoms with Gasteiger partial charge < -0.3 is 29.0 Å². The molecular weight excluding hydrogens is 397 g/mol. The van der Waals surface area contributed by atoms with Crippen LogP contribution in [-0.4, -0.2) is 48.2 Å². The van der Waals surface area contributed by atoms with Crippen LogP contribution in [0.25, 0.3) is 0 Å². The second-order valence-corrected chi connectivity index (χ2v) is 8.52. The molecule has 3 aliphatic rings. The number of carbonyl (C=O) groups is 1. The van der Waals surface area contributed by atoms with Crippen LogP contribution in [0.5, 0.6) is 0 Å². The molecule has 1 N–H and O–H groups in total. The van der Waals surface area contributed by atoms with Crippen LogP contribution in [0.1, 0.15) is 27.7 Å². The van der Waals surface area contributed by atoms with Crippen LogP contribution in [0.3, 0.4) is 0 Å². The maximum atomic E-state index is 12.9. The van der Waals surface area contributed by atoms with Gasteiger partial charge in [-0.25, -0.2) is 0 Å². The van der Waals surface area contributed by atoms with E-state index in [0.29, 0.717) is 15.7 Å². The normalized spacial score (nSPS) is 36.1. The topological polar surface area (TPSA) is 75.3 Å². The van der Waals surface area contributed by atoms with Gasteiger partial charge >= 0.3 is 0 Å². The summed E-state index contributed by atoms with van der Waals surface area (Å²) in [5.41, 5.74) is 0.499. The number of anilines is 1. The van der Waals surface area contributed by atoms with Gasteiger partial charge in [0.25, 0.3) is 5.91 Å². The Hall–Kier alpha value is -0.930. The van der Waals surface area contributed by atoms with Crippen molar-refractivity contribution in [3.63, 3.8) is 0 Å². The van der Waals surface area contributed by atoms with Crippen molar-refractivity contribution in [3.05, 3.63) is 28.2 Å². The molecule has 0 spiro atoms. The van der Waals surface area contributed by atoms with Crippen molar-refractivity contribution in [1.82, 2.24) is 0 Å². The number of nitrogens with one attached hydrogen (secondary N) is 1. The van der Waals surface area contributed by atoms with Crippen molar-refractivity contribution in [1.29, 1.82) is 0 Å². The lowest BCUT2D eigenvalue weighted by atomic mass is 9.98. The first kappa shape index (κ1) is 19.4. The van der Waals surface area contributed by atoms with Gasteiger partial charge in [0.05, 0.1) is 10.0 Å². The van der Waals surface area contributed by atoms with Crippen LogP contribution in [0.4, 0.5) is 5.69 Å². The molecule has 1 aromatic carbocycles. The summed E-state index contributed by atoms with van der Waals surface area (Å²) in [6, 6.07) is 4.83. The molecule has 1 amide bonds. The van der Waals surface area contributed by atoms with E-state index in [1.165, 1.54) is 0 Å². The number of amides is 1. The number of carbonyl (C=O) groups excluding carboxylic acids is 1. The number of halogens is 2. The first-order valence-corrected chi connectivity index (χ1v) is 9.43. The van der Waals surface area contributed by atoms with Crippen LogP contribution < -0.4 is 5.32 Å². The SMILES string of the molecule is CC1(C)OC2OC(C(=O)Nc3ccc(Cl)c(Cl)c3)C3OC(C)(C)OC3C2O1. The molecule has 148 valence electrons. The lowest BCUT2D eigenvalue weighted by molar-refractivity contribution is -0.229. The minimum absolute atomic E-state index is 0.341. The van der Waals surface area contributed by atoms with E-state index in [1.54, 1.807) is 45.9 Å². The molecule has 5 atom stereocenters. The van der Waals surface area contributed by atoms with Crippen LogP contribution in [0, 0.1) is 0 Å². The summed E-state index contributed by atoms with van der Waals surface area (Å²) in [7, 11) is 0. The van der Waals surface area contributed by atoms with E-state index < -0.39 is 48.2 Å². The molecule has 0 bridgehead atoms. The molecule has 0 aromatic heterocycles. The van der Waals surface area contributed by atoms with Crippen LogP contribution in [-0.2, 0) is 28.5 Å². The molecule has 3 saturated heterocycles. The quantitative estimate of drug-likeness (QED) is 0.795. The van der Waals surface area contributed by atoms with Gasteiger partial charge in [0.2, 0.25) is 0 Å². The zero-order valence-electron chi connectivity index (χ0n) is 15.3. The highest BCUT2D eigenvalue weighted by molar-refractivity contribution is 6.42. The summed E-state index contributed by atoms with van der Waals surface area (Å²) < 4.78 is 29.6. The van der Waals surface area contributed by atoms with Crippen molar-refractivity contribution < 1.29 is 28.5 Å². The van der Waals surface area contributed by atoms with E-state index in [0.717, 1.165) is 0 Å². The van der Waals surface area contributed by atoms with Gasteiger partial charge in [-0.15, -0.1) is 0 Å². The highest BCUT2D eigenvalue weighted by Crippen LogP contribution is 2.44. The Morgan fingerprint density at radius 2 is 1.56 bits per heavy atom. The molecule has 7 nitrogen and oxygen atoms in total. The third-order valence-corrected chi connectivity index (χ3v) is 5.34. The van der Waals surface area contributed by atoms with Gasteiger partial charge in [0, 0.05) is 5.69 Å². The molecule has 1 aromatic rings. The van der Waals surface area contributed by atoms with Crippen molar-refractivity contribution in [3.8, 4) is 0 Å². The molecule has 0 aliphatic carbocycles. The Morgan fingerprint density at radius 3 is 2.26 bits per heavy atom. The molecule has 3 aliphatic heterocycles. The summed E-state index contributed by atoms with van der Waals surface area (Å²) in [5, 5.41) is 3.52. The van der Waals surface area contributed by atoms with Crippen LogP contribution in [0.2, 0.25) is 10.0 Å². The number of hydrogen-bond acceptors (Lipinski definition) is 6. The monoisotopic (exact) mass is 417 g/mol. The summed E-state index contributed by atoms with van der Waals surface area (Å²) >= 11 is 11.9. The van der Waals surface area contributed by atoms with Crippen molar-refractivity contribution in [2.45, 2.75) is 70.0 Å². The highest BCUT2D eigenvalue weighted by Gasteiger charge is 2.62. The van der Waals surface area contributed by atoms with E-state index in [-0.39, 0.29) is 0 Å². The molecule has 0 radical (unpaired) electrons. The lowest BCUT2D eigenvalue weighted by Crippen LogP contribution is -2.58. The highest BCUT2D eigenvalue weighted by atomic mass is 35.5. The van der Waals surface area contributed by atoms with Crippen LogP contribution in [0.15, 0.2) is 18.2 Å². The molecule has 3 heterocycles. The maximum absolute atomic E-state index is 12.9.